The van der Waals surface area contributed by atoms with E-state index in [4.69, 9.17) is 0 Å². The third-order valence-electron chi connectivity index (χ3n) is 3.50. The molecule has 2 aromatic heterocycles. The molecule has 1 aromatic carbocycles. The van der Waals surface area contributed by atoms with Crippen molar-refractivity contribution in [2.24, 2.45) is 14.1 Å². The van der Waals surface area contributed by atoms with E-state index in [0.29, 0.717) is 5.56 Å². The van der Waals surface area contributed by atoms with Crippen LogP contribution in [0.25, 0.3) is 22.3 Å². The summed E-state index contributed by atoms with van der Waals surface area (Å²) in [6.45, 7) is 0. The molecule has 0 fully saturated rings. The summed E-state index contributed by atoms with van der Waals surface area (Å²) in [6.07, 6.45) is 0. The van der Waals surface area contributed by atoms with E-state index in [1.54, 1.807) is 6.07 Å². The van der Waals surface area contributed by atoms with E-state index in [-0.39, 0.29) is 16.7 Å². The molecule has 0 unspecified atom stereocenters. The van der Waals surface area contributed by atoms with Gasteiger partial charge in [0, 0.05) is 12.6 Å². The zero-order chi connectivity index (χ0) is 16.0. The Bertz CT molecular complexity index is 1080. The summed E-state index contributed by atoms with van der Waals surface area (Å²) in [6, 6.07) is 5.50. The fourth-order valence-corrected chi connectivity index (χ4v) is 2.39. The molecule has 112 valence electrons. The largest absolute Gasteiger partial charge is 0.439 e. The summed E-state index contributed by atoms with van der Waals surface area (Å²) in [5.74, 6) is -0.499. The molecule has 0 aliphatic carbocycles. The van der Waals surface area contributed by atoms with Gasteiger partial charge in [0.2, 0.25) is 5.65 Å². The van der Waals surface area contributed by atoms with Crippen LogP contribution in [-0.4, -0.2) is 14.1 Å². The topological polar surface area (TPSA) is 91.0 Å². The van der Waals surface area contributed by atoms with Gasteiger partial charge in [0.15, 0.2) is 5.39 Å². The highest BCUT2D eigenvalue weighted by Gasteiger charge is 2.21. The maximum absolute atomic E-state index is 13.4. The Labute approximate surface area is 122 Å². The fraction of sp³-hybridized carbons (Fsp3) is 0.143. The predicted molar refractivity (Wildman–Crippen MR) is 77.0 cm³/mol. The Hall–Kier alpha value is -3.03. The van der Waals surface area contributed by atoms with E-state index < -0.39 is 22.8 Å². The van der Waals surface area contributed by atoms with Gasteiger partial charge in [0.05, 0.1) is 7.05 Å². The van der Waals surface area contributed by atoms with Crippen molar-refractivity contribution in [2.75, 3.05) is 0 Å². The fourth-order valence-electron chi connectivity index (χ4n) is 2.39. The van der Waals surface area contributed by atoms with Crippen LogP contribution in [0.1, 0.15) is 0 Å². The van der Waals surface area contributed by atoms with Gasteiger partial charge in [-0.25, -0.2) is 33.1 Å². The van der Waals surface area contributed by atoms with Crippen molar-refractivity contribution in [1.82, 2.24) is 14.1 Å². The van der Waals surface area contributed by atoms with Gasteiger partial charge in [-0.2, -0.15) is 0 Å². The smallest absolute Gasteiger partial charge is 0.268 e. The molecule has 2 heterocycles. The molecule has 3 rings (SSSR count). The highest BCUT2D eigenvalue weighted by Crippen LogP contribution is 2.20. The van der Waals surface area contributed by atoms with Crippen molar-refractivity contribution < 1.29 is 9.37 Å². The maximum Gasteiger partial charge on any atom is 0.439 e. The van der Waals surface area contributed by atoms with Crippen LogP contribution >= 0.6 is 0 Å². The predicted octanol–water partition coefficient (Wildman–Crippen LogP) is -0.454. The molecular weight excluding hydrogens is 291 g/mol. The molecule has 3 aromatic rings. The molecule has 0 atom stereocenters. The van der Waals surface area contributed by atoms with Crippen molar-refractivity contribution in [3.05, 3.63) is 61.4 Å². The molecule has 0 aliphatic heterocycles. The number of aromatic amines is 2. The van der Waals surface area contributed by atoms with Gasteiger partial charge >= 0.3 is 11.4 Å². The molecule has 0 spiro atoms. The third kappa shape index (κ3) is 1.96. The quantitative estimate of drug-likeness (QED) is 0.660. The van der Waals surface area contributed by atoms with Crippen LogP contribution in [0.3, 0.4) is 0 Å². The zero-order valence-corrected chi connectivity index (χ0v) is 11.8. The Morgan fingerprint density at radius 1 is 1.14 bits per heavy atom. The van der Waals surface area contributed by atoms with Gasteiger partial charge in [-0.05, 0) is 12.1 Å². The second kappa shape index (κ2) is 4.76. The molecular formula is C14H12FN4O3+. The summed E-state index contributed by atoms with van der Waals surface area (Å²) < 4.78 is 15.5. The molecule has 2 N–H and O–H groups in total. The first-order chi connectivity index (χ1) is 10.4. The first-order valence-corrected chi connectivity index (χ1v) is 6.41. The lowest BCUT2D eigenvalue weighted by Crippen LogP contribution is -2.43. The molecule has 22 heavy (non-hydrogen) atoms. The van der Waals surface area contributed by atoms with Gasteiger partial charge in [0.1, 0.15) is 11.5 Å². The first-order valence-electron chi connectivity index (χ1n) is 6.41. The van der Waals surface area contributed by atoms with E-state index in [2.05, 4.69) is 9.97 Å². The van der Waals surface area contributed by atoms with E-state index >= 15 is 0 Å². The number of nitrogens with zero attached hydrogens (tertiary/aromatic N) is 2. The molecule has 8 heteroatoms. The molecule has 0 amide bonds. The zero-order valence-electron chi connectivity index (χ0n) is 11.8. The Kier molecular flexibility index (Phi) is 3.01. The van der Waals surface area contributed by atoms with Gasteiger partial charge in [0.25, 0.3) is 5.56 Å². The van der Waals surface area contributed by atoms with E-state index in [1.165, 1.54) is 32.3 Å². The van der Waals surface area contributed by atoms with Crippen molar-refractivity contribution >= 4 is 11.0 Å². The average Bonchev–Trinajstić information content (AvgIpc) is 2.50. The lowest BCUT2D eigenvalue weighted by molar-refractivity contribution is -0.374. The first kappa shape index (κ1) is 13.9. The van der Waals surface area contributed by atoms with Gasteiger partial charge in [-0.15, -0.1) is 0 Å². The summed E-state index contributed by atoms with van der Waals surface area (Å²) in [5, 5.41) is 0.106. The minimum absolute atomic E-state index is 0.0797. The molecule has 7 nitrogen and oxygen atoms in total. The van der Waals surface area contributed by atoms with Crippen LogP contribution < -0.4 is 21.9 Å². The lowest BCUT2D eigenvalue weighted by Gasteiger charge is -2.06. The SMILES string of the molecule is Cn1c(=O)c2c(-c3cccc(F)c3)[nH]c(=O)[nH+]c2n(C)c1=O. The molecule has 0 saturated carbocycles. The van der Waals surface area contributed by atoms with Crippen molar-refractivity contribution in [2.45, 2.75) is 0 Å². The summed E-state index contributed by atoms with van der Waals surface area (Å²) >= 11 is 0. The molecule has 0 saturated heterocycles. The number of rotatable bonds is 1. The van der Waals surface area contributed by atoms with E-state index in [0.717, 1.165) is 9.13 Å². The third-order valence-corrected chi connectivity index (χ3v) is 3.50. The second-order valence-corrected chi connectivity index (χ2v) is 4.89. The van der Waals surface area contributed by atoms with Crippen LogP contribution in [0.15, 0.2) is 38.6 Å². The number of fused-ring (bicyclic) bond motifs is 1. The number of hydrogen-bond acceptors (Lipinski definition) is 3. The summed E-state index contributed by atoms with van der Waals surface area (Å²) in [4.78, 5) is 41.1. The normalized spacial score (nSPS) is 11.0. The minimum atomic E-state index is -0.602. The van der Waals surface area contributed by atoms with E-state index in [9.17, 15) is 18.8 Å². The molecule has 0 bridgehead atoms. The molecule has 0 aliphatic rings. The number of benzene rings is 1. The molecule has 0 radical (unpaired) electrons. The monoisotopic (exact) mass is 303 g/mol. The van der Waals surface area contributed by atoms with Crippen molar-refractivity contribution in [3.63, 3.8) is 0 Å². The summed E-state index contributed by atoms with van der Waals surface area (Å²) in [7, 11) is 2.78. The van der Waals surface area contributed by atoms with Gasteiger partial charge in [-0.3, -0.25) is 4.79 Å². The second-order valence-electron chi connectivity index (χ2n) is 4.89. The van der Waals surface area contributed by atoms with Crippen LogP contribution in [0.5, 0.6) is 0 Å². The number of hydrogen-bond donors (Lipinski definition) is 1. The number of halogens is 1. The minimum Gasteiger partial charge on any atom is -0.268 e. The highest BCUT2D eigenvalue weighted by molar-refractivity contribution is 5.87. The number of aromatic nitrogens is 4. The number of nitrogens with one attached hydrogen (secondary N) is 2. The number of H-pyrrole nitrogens is 2. The summed E-state index contributed by atoms with van der Waals surface area (Å²) in [5.41, 5.74) is -1.16. The van der Waals surface area contributed by atoms with Crippen molar-refractivity contribution in [1.29, 1.82) is 0 Å². The van der Waals surface area contributed by atoms with Crippen molar-refractivity contribution in [3.8, 4) is 11.3 Å². The van der Waals surface area contributed by atoms with Gasteiger partial charge < -0.3 is 0 Å². The highest BCUT2D eigenvalue weighted by atomic mass is 19.1. The van der Waals surface area contributed by atoms with Crippen LogP contribution in [0, 0.1) is 5.82 Å². The number of aryl methyl sites for hydroxylation is 1. The standard InChI is InChI=1S/C14H11FN4O3/c1-18-11-9(12(20)19(2)14(18)22)10(16-13(21)17-11)7-4-3-5-8(15)6-7/h3-6H,1-2H3,(H,16,17,21)/p+1. The lowest BCUT2D eigenvalue weighted by atomic mass is 10.1. The Morgan fingerprint density at radius 3 is 2.55 bits per heavy atom. The Morgan fingerprint density at radius 2 is 1.86 bits per heavy atom. The van der Waals surface area contributed by atoms with Gasteiger partial charge in [-0.1, -0.05) is 12.1 Å². The average molecular weight is 303 g/mol. The maximum atomic E-state index is 13.4. The van der Waals surface area contributed by atoms with Crippen LogP contribution in [0.4, 0.5) is 4.39 Å². The van der Waals surface area contributed by atoms with Crippen LogP contribution in [-0.2, 0) is 14.1 Å². The van der Waals surface area contributed by atoms with Crippen LogP contribution in [0.2, 0.25) is 0 Å². The van der Waals surface area contributed by atoms with E-state index in [1.807, 2.05) is 0 Å². The Balaban J connectivity index is 2.59.